The van der Waals surface area contributed by atoms with E-state index in [9.17, 15) is 14.7 Å². The van der Waals surface area contributed by atoms with E-state index in [1.165, 1.54) is 0 Å². The Labute approximate surface area is 135 Å². The topological polar surface area (TPSA) is 60.9 Å². The molecule has 2 amide bonds. The van der Waals surface area contributed by atoms with Crippen LogP contribution in [0.2, 0.25) is 0 Å². The van der Waals surface area contributed by atoms with Crippen molar-refractivity contribution in [3.05, 3.63) is 35.9 Å². The standard InChI is InChI=1S/C18H22N2O3/c21-12-18-10-19(16(22)13-4-2-1-3-5-13)8-15(18)9-20(11-18)17(23)14-6-7-14/h1-5,14-15,21H,6-12H2/t15-,18+/m1/s1. The van der Waals surface area contributed by atoms with Crippen molar-refractivity contribution in [2.75, 3.05) is 32.8 Å². The van der Waals surface area contributed by atoms with Crippen LogP contribution < -0.4 is 0 Å². The Kier molecular flexibility index (Phi) is 3.41. The number of carbonyl (C=O) groups excluding carboxylic acids is 2. The third-order valence-electron chi connectivity index (χ3n) is 5.62. The Morgan fingerprint density at radius 2 is 1.74 bits per heavy atom. The van der Waals surface area contributed by atoms with E-state index in [4.69, 9.17) is 0 Å². The van der Waals surface area contributed by atoms with Gasteiger partial charge in [0.1, 0.15) is 0 Å². The first kappa shape index (κ1) is 14.7. The molecule has 5 nitrogen and oxygen atoms in total. The van der Waals surface area contributed by atoms with Crippen molar-refractivity contribution in [2.24, 2.45) is 17.3 Å². The van der Waals surface area contributed by atoms with Crippen LogP contribution in [0.15, 0.2) is 30.3 Å². The largest absolute Gasteiger partial charge is 0.396 e. The van der Waals surface area contributed by atoms with Gasteiger partial charge in [0.2, 0.25) is 5.91 Å². The third-order valence-corrected chi connectivity index (χ3v) is 5.62. The van der Waals surface area contributed by atoms with Crippen molar-refractivity contribution in [3.8, 4) is 0 Å². The molecule has 2 saturated heterocycles. The highest BCUT2D eigenvalue weighted by molar-refractivity contribution is 5.94. The second-order valence-electron chi connectivity index (χ2n) is 7.26. The first-order chi connectivity index (χ1) is 11.1. The summed E-state index contributed by atoms with van der Waals surface area (Å²) in [6, 6.07) is 9.27. The number of aliphatic hydroxyl groups is 1. The first-order valence-electron chi connectivity index (χ1n) is 8.37. The summed E-state index contributed by atoms with van der Waals surface area (Å²) < 4.78 is 0. The number of benzene rings is 1. The monoisotopic (exact) mass is 314 g/mol. The maximum absolute atomic E-state index is 12.6. The number of carbonyl (C=O) groups is 2. The number of hydrogen-bond acceptors (Lipinski definition) is 3. The van der Waals surface area contributed by atoms with Crippen LogP contribution in [0.5, 0.6) is 0 Å². The zero-order valence-electron chi connectivity index (χ0n) is 13.1. The number of fused-ring (bicyclic) bond motifs is 1. The first-order valence-corrected chi connectivity index (χ1v) is 8.37. The van der Waals surface area contributed by atoms with E-state index in [1.54, 1.807) is 0 Å². The number of nitrogens with zero attached hydrogens (tertiary/aromatic N) is 2. The third kappa shape index (κ3) is 2.43. The normalized spacial score (nSPS) is 29.7. The average molecular weight is 314 g/mol. The summed E-state index contributed by atoms with van der Waals surface area (Å²) in [5, 5.41) is 9.97. The van der Waals surface area contributed by atoms with Crippen LogP contribution in [0, 0.1) is 17.3 Å². The van der Waals surface area contributed by atoms with Crippen molar-refractivity contribution >= 4 is 11.8 Å². The quantitative estimate of drug-likeness (QED) is 0.905. The highest BCUT2D eigenvalue weighted by Gasteiger charge is 2.55. The predicted octanol–water partition coefficient (Wildman–Crippen LogP) is 0.989. The van der Waals surface area contributed by atoms with Gasteiger partial charge in [-0.3, -0.25) is 9.59 Å². The molecule has 1 aromatic rings. The number of aliphatic hydroxyl groups excluding tert-OH is 1. The lowest BCUT2D eigenvalue weighted by molar-refractivity contribution is -0.132. The van der Waals surface area contributed by atoms with Gasteiger partial charge in [0.05, 0.1) is 6.61 Å². The van der Waals surface area contributed by atoms with Crippen LogP contribution in [0.4, 0.5) is 0 Å². The fourth-order valence-electron chi connectivity index (χ4n) is 4.08. The van der Waals surface area contributed by atoms with E-state index in [0.29, 0.717) is 31.7 Å². The molecule has 122 valence electrons. The Hall–Kier alpha value is -1.88. The molecule has 4 rings (SSSR count). The molecule has 0 unspecified atom stereocenters. The van der Waals surface area contributed by atoms with Gasteiger partial charge in [-0.1, -0.05) is 18.2 Å². The molecule has 0 bridgehead atoms. The molecule has 1 aromatic carbocycles. The molecule has 2 aliphatic heterocycles. The summed E-state index contributed by atoms with van der Waals surface area (Å²) in [7, 11) is 0. The van der Waals surface area contributed by atoms with Gasteiger partial charge in [0.15, 0.2) is 0 Å². The van der Waals surface area contributed by atoms with Gasteiger partial charge in [-0.25, -0.2) is 0 Å². The molecule has 23 heavy (non-hydrogen) atoms. The number of rotatable bonds is 3. The zero-order chi connectivity index (χ0) is 16.0. The fourth-order valence-corrected chi connectivity index (χ4v) is 4.08. The molecule has 0 radical (unpaired) electrons. The van der Waals surface area contributed by atoms with Crippen LogP contribution in [-0.4, -0.2) is 59.5 Å². The molecule has 2 atom stereocenters. The number of hydrogen-bond donors (Lipinski definition) is 1. The van der Waals surface area contributed by atoms with E-state index < -0.39 is 0 Å². The maximum Gasteiger partial charge on any atom is 0.253 e. The maximum atomic E-state index is 12.6. The molecular formula is C18H22N2O3. The van der Waals surface area contributed by atoms with Crippen molar-refractivity contribution in [1.82, 2.24) is 9.80 Å². The van der Waals surface area contributed by atoms with Crippen molar-refractivity contribution < 1.29 is 14.7 Å². The Balaban J connectivity index is 1.49. The van der Waals surface area contributed by atoms with Crippen LogP contribution in [0.25, 0.3) is 0 Å². The van der Waals surface area contributed by atoms with Gasteiger partial charge in [-0.05, 0) is 25.0 Å². The highest BCUT2D eigenvalue weighted by atomic mass is 16.3. The molecule has 1 saturated carbocycles. The summed E-state index contributed by atoms with van der Waals surface area (Å²) in [6.07, 6.45) is 2.01. The summed E-state index contributed by atoms with van der Waals surface area (Å²) >= 11 is 0. The summed E-state index contributed by atoms with van der Waals surface area (Å²) in [4.78, 5) is 28.7. The van der Waals surface area contributed by atoms with Crippen LogP contribution in [0.1, 0.15) is 23.2 Å². The van der Waals surface area contributed by atoms with E-state index in [0.717, 1.165) is 12.8 Å². The highest BCUT2D eigenvalue weighted by Crippen LogP contribution is 2.44. The molecule has 1 N–H and O–H groups in total. The number of amides is 2. The van der Waals surface area contributed by atoms with E-state index in [2.05, 4.69) is 0 Å². The Morgan fingerprint density at radius 1 is 1.09 bits per heavy atom. The van der Waals surface area contributed by atoms with Crippen molar-refractivity contribution in [1.29, 1.82) is 0 Å². The summed E-state index contributed by atoms with van der Waals surface area (Å²) in [6.45, 7) is 2.46. The second kappa shape index (κ2) is 5.34. The molecule has 5 heteroatoms. The van der Waals surface area contributed by atoms with Crippen LogP contribution in [0.3, 0.4) is 0 Å². The SMILES string of the molecule is O=C(c1ccccc1)N1C[C@@H]2CN(C(=O)C3CC3)C[C@]2(CO)C1. The Bertz CT molecular complexity index is 628. The zero-order valence-corrected chi connectivity index (χ0v) is 13.1. The van der Waals surface area contributed by atoms with Crippen molar-refractivity contribution in [2.45, 2.75) is 12.8 Å². The minimum atomic E-state index is -0.338. The van der Waals surface area contributed by atoms with Gasteiger partial charge in [-0.15, -0.1) is 0 Å². The molecule has 0 spiro atoms. The van der Waals surface area contributed by atoms with Gasteiger partial charge in [0.25, 0.3) is 5.91 Å². The summed E-state index contributed by atoms with van der Waals surface area (Å²) in [5.41, 5.74) is 0.348. The lowest BCUT2D eigenvalue weighted by Crippen LogP contribution is -2.40. The van der Waals surface area contributed by atoms with Gasteiger partial charge in [0, 0.05) is 49.0 Å². The van der Waals surface area contributed by atoms with Gasteiger partial charge >= 0.3 is 0 Å². The molecule has 0 aromatic heterocycles. The molecule has 2 heterocycles. The molecular weight excluding hydrogens is 292 g/mol. The molecule has 3 fully saturated rings. The van der Waals surface area contributed by atoms with E-state index >= 15 is 0 Å². The molecule has 1 aliphatic carbocycles. The lowest BCUT2D eigenvalue weighted by atomic mass is 9.82. The van der Waals surface area contributed by atoms with Gasteiger partial charge < -0.3 is 14.9 Å². The number of likely N-dealkylation sites (tertiary alicyclic amines) is 2. The molecule has 3 aliphatic rings. The smallest absolute Gasteiger partial charge is 0.253 e. The average Bonchev–Trinajstić information content (AvgIpc) is 3.28. The second-order valence-corrected chi connectivity index (χ2v) is 7.26. The Morgan fingerprint density at radius 3 is 2.35 bits per heavy atom. The van der Waals surface area contributed by atoms with E-state index in [-0.39, 0.29) is 35.7 Å². The minimum absolute atomic E-state index is 0.0212. The lowest BCUT2D eigenvalue weighted by Gasteiger charge is -2.27. The summed E-state index contributed by atoms with van der Waals surface area (Å²) in [5.74, 6) is 0.663. The van der Waals surface area contributed by atoms with E-state index in [1.807, 2.05) is 40.1 Å². The fraction of sp³-hybridized carbons (Fsp3) is 0.556. The predicted molar refractivity (Wildman–Crippen MR) is 84.7 cm³/mol. The van der Waals surface area contributed by atoms with Crippen LogP contribution >= 0.6 is 0 Å². The van der Waals surface area contributed by atoms with Crippen molar-refractivity contribution in [3.63, 3.8) is 0 Å². The van der Waals surface area contributed by atoms with Crippen LogP contribution in [-0.2, 0) is 4.79 Å². The minimum Gasteiger partial charge on any atom is -0.396 e. The van der Waals surface area contributed by atoms with Gasteiger partial charge in [-0.2, -0.15) is 0 Å².